The van der Waals surface area contributed by atoms with Crippen molar-refractivity contribution in [1.29, 1.82) is 0 Å². The molecule has 4 atom stereocenters. The number of nitro benzene ring substituents is 1. The minimum atomic E-state index is -0.838. The van der Waals surface area contributed by atoms with Crippen LogP contribution in [0.25, 0.3) is 6.08 Å². The van der Waals surface area contributed by atoms with Gasteiger partial charge in [-0.15, -0.1) is 0 Å². The number of rotatable bonds is 3. The minimum Gasteiger partial charge on any atom is -0.359 e. The van der Waals surface area contributed by atoms with E-state index in [0.29, 0.717) is 11.3 Å². The lowest BCUT2D eigenvalue weighted by Crippen LogP contribution is -2.47. The van der Waals surface area contributed by atoms with E-state index in [1.54, 1.807) is 6.92 Å². The number of hydrogen-bond donors (Lipinski definition) is 0. The molecular weight excluding hydrogens is 434 g/mol. The summed E-state index contributed by atoms with van der Waals surface area (Å²) < 4.78 is 0. The van der Waals surface area contributed by atoms with Gasteiger partial charge < -0.3 is 4.90 Å². The number of Topliss-reactive ketones (excluding diaryl/α,β-unsaturated/α-hetero) is 1. The van der Waals surface area contributed by atoms with E-state index in [2.05, 4.69) is 0 Å². The number of ketones is 1. The number of amides is 2. The summed E-state index contributed by atoms with van der Waals surface area (Å²) in [7, 11) is 0. The fraction of sp³-hybridized carbons (Fsp3) is 0.346. The van der Waals surface area contributed by atoms with E-state index in [4.69, 9.17) is 0 Å². The summed E-state index contributed by atoms with van der Waals surface area (Å²) in [4.78, 5) is 55.0. The lowest BCUT2D eigenvalue weighted by Gasteiger charge is -2.37. The van der Waals surface area contributed by atoms with Gasteiger partial charge in [0.1, 0.15) is 6.04 Å². The average Bonchev–Trinajstić information content (AvgIpc) is 3.25. The first kappa shape index (κ1) is 22.0. The second-order valence-electron chi connectivity index (χ2n) is 10.2. The predicted octanol–water partition coefficient (Wildman–Crippen LogP) is 4.03. The standard InChI is InChI=1S/C26H25N3O5/c1-14-13-16(29(33)34)9-10-18(14)28-24(31)19-20(25(28)32)22(23(30)26(2,3)4)27-12-11-15-7-5-6-8-17(15)21(19)27/h5-13,19-22H,1-4H3/t19-,20+,21-,22+/m0/s1. The van der Waals surface area contributed by atoms with Crippen LogP contribution in [-0.2, 0) is 14.4 Å². The molecule has 0 N–H and O–H groups in total. The SMILES string of the molecule is Cc1cc([N+](=O)[O-])ccc1N1C(=O)[C@@H]2[C@H](C1=O)[C@@H]1c3ccccc3C=CN1[C@H]2C(=O)C(C)(C)C. The number of imide groups is 1. The van der Waals surface area contributed by atoms with E-state index in [1.165, 1.54) is 18.2 Å². The molecule has 0 spiro atoms. The largest absolute Gasteiger partial charge is 0.359 e. The zero-order valence-electron chi connectivity index (χ0n) is 19.4. The molecule has 2 saturated heterocycles. The average molecular weight is 460 g/mol. The van der Waals surface area contributed by atoms with Crippen molar-refractivity contribution in [3.05, 3.63) is 75.5 Å². The van der Waals surface area contributed by atoms with E-state index >= 15 is 0 Å². The van der Waals surface area contributed by atoms with Gasteiger partial charge in [-0.1, -0.05) is 45.0 Å². The summed E-state index contributed by atoms with van der Waals surface area (Å²) >= 11 is 0. The molecule has 0 bridgehead atoms. The second kappa shape index (κ2) is 7.35. The number of nitro groups is 1. The lowest BCUT2D eigenvalue weighted by atomic mass is 9.79. The van der Waals surface area contributed by atoms with Gasteiger partial charge in [-0.05, 0) is 35.8 Å². The topological polar surface area (TPSA) is 101 Å². The van der Waals surface area contributed by atoms with Crippen LogP contribution < -0.4 is 4.90 Å². The number of benzene rings is 2. The zero-order valence-corrected chi connectivity index (χ0v) is 19.4. The maximum absolute atomic E-state index is 13.9. The zero-order chi connectivity index (χ0) is 24.5. The van der Waals surface area contributed by atoms with Gasteiger partial charge in [0.2, 0.25) is 11.8 Å². The number of carbonyl (C=O) groups is 3. The van der Waals surface area contributed by atoms with Crippen LogP contribution in [0.4, 0.5) is 11.4 Å². The molecule has 0 radical (unpaired) electrons. The van der Waals surface area contributed by atoms with Crippen molar-refractivity contribution in [2.24, 2.45) is 17.3 Å². The van der Waals surface area contributed by atoms with Gasteiger partial charge in [-0.3, -0.25) is 24.5 Å². The van der Waals surface area contributed by atoms with Crippen LogP contribution in [0.5, 0.6) is 0 Å². The number of nitrogens with zero attached hydrogens (tertiary/aromatic N) is 3. The van der Waals surface area contributed by atoms with Gasteiger partial charge in [0.15, 0.2) is 5.78 Å². The summed E-state index contributed by atoms with van der Waals surface area (Å²) in [5.74, 6) is -2.48. The fourth-order valence-corrected chi connectivity index (χ4v) is 5.54. The predicted molar refractivity (Wildman–Crippen MR) is 126 cm³/mol. The van der Waals surface area contributed by atoms with Crippen LogP contribution in [0.2, 0.25) is 0 Å². The molecule has 8 nitrogen and oxygen atoms in total. The van der Waals surface area contributed by atoms with Crippen LogP contribution in [0.3, 0.4) is 0 Å². The third-order valence-corrected chi connectivity index (χ3v) is 7.10. The molecule has 0 saturated carbocycles. The molecule has 0 aliphatic carbocycles. The minimum absolute atomic E-state index is 0.0996. The van der Waals surface area contributed by atoms with Gasteiger partial charge in [-0.2, -0.15) is 0 Å². The quantitative estimate of drug-likeness (QED) is 0.390. The highest BCUT2D eigenvalue weighted by Gasteiger charge is 2.65. The first-order valence-corrected chi connectivity index (χ1v) is 11.2. The van der Waals surface area contributed by atoms with Crippen LogP contribution in [-0.4, -0.2) is 33.5 Å². The Hall–Kier alpha value is -3.81. The number of aryl methyl sites for hydroxylation is 1. The highest BCUT2D eigenvalue weighted by Crippen LogP contribution is 2.54. The van der Waals surface area contributed by atoms with Gasteiger partial charge in [0.25, 0.3) is 5.69 Å². The van der Waals surface area contributed by atoms with E-state index in [1.807, 2.05) is 62.2 Å². The third kappa shape index (κ3) is 3.01. The Morgan fingerprint density at radius 1 is 1.03 bits per heavy atom. The summed E-state index contributed by atoms with van der Waals surface area (Å²) in [6.45, 7) is 7.09. The normalized spacial score (nSPS) is 25.3. The Balaban J connectivity index is 1.65. The van der Waals surface area contributed by atoms with Crippen molar-refractivity contribution in [1.82, 2.24) is 4.90 Å². The van der Waals surface area contributed by atoms with Crippen molar-refractivity contribution in [3.8, 4) is 0 Å². The molecule has 0 aromatic heterocycles. The molecule has 8 heteroatoms. The maximum atomic E-state index is 13.9. The summed E-state index contributed by atoms with van der Waals surface area (Å²) in [5, 5.41) is 11.2. The van der Waals surface area contributed by atoms with Crippen LogP contribution in [0.1, 0.15) is 43.5 Å². The van der Waals surface area contributed by atoms with Crippen molar-refractivity contribution >= 4 is 35.0 Å². The van der Waals surface area contributed by atoms with Crippen molar-refractivity contribution in [3.63, 3.8) is 0 Å². The Kier molecular flexibility index (Phi) is 4.76. The molecule has 174 valence electrons. The molecule has 0 unspecified atom stereocenters. The number of carbonyl (C=O) groups excluding carboxylic acids is 3. The maximum Gasteiger partial charge on any atom is 0.269 e. The van der Waals surface area contributed by atoms with Crippen LogP contribution >= 0.6 is 0 Å². The summed E-state index contributed by atoms with van der Waals surface area (Å²) in [5.41, 5.74) is 1.82. The van der Waals surface area contributed by atoms with Gasteiger partial charge in [0, 0.05) is 23.7 Å². The third-order valence-electron chi connectivity index (χ3n) is 7.10. The first-order chi connectivity index (χ1) is 16.0. The number of anilines is 1. The monoisotopic (exact) mass is 459 g/mol. The molecule has 2 aromatic rings. The molecule has 3 aliphatic heterocycles. The molecule has 2 aromatic carbocycles. The van der Waals surface area contributed by atoms with Crippen LogP contribution in [0, 0.1) is 34.3 Å². The molecule has 5 rings (SSSR count). The Labute approximate surface area is 197 Å². The smallest absolute Gasteiger partial charge is 0.269 e. The molecule has 34 heavy (non-hydrogen) atoms. The van der Waals surface area contributed by atoms with E-state index in [-0.39, 0.29) is 17.4 Å². The molecule has 2 fully saturated rings. The summed E-state index contributed by atoms with van der Waals surface area (Å²) in [6.07, 6.45) is 3.75. The molecular formula is C26H25N3O5. The van der Waals surface area contributed by atoms with Crippen molar-refractivity contribution < 1.29 is 19.3 Å². The Morgan fingerprint density at radius 2 is 1.71 bits per heavy atom. The highest BCUT2D eigenvalue weighted by atomic mass is 16.6. The number of hydrogen-bond acceptors (Lipinski definition) is 6. The van der Waals surface area contributed by atoms with Gasteiger partial charge in [0.05, 0.1) is 28.5 Å². The van der Waals surface area contributed by atoms with Crippen LogP contribution in [0.15, 0.2) is 48.7 Å². The number of non-ortho nitro benzene ring substituents is 1. The molecule has 2 amide bonds. The fourth-order valence-electron chi connectivity index (χ4n) is 5.54. The number of fused-ring (bicyclic) bond motifs is 5. The van der Waals surface area contributed by atoms with Crippen molar-refractivity contribution in [2.45, 2.75) is 39.8 Å². The van der Waals surface area contributed by atoms with E-state index in [0.717, 1.165) is 16.0 Å². The Bertz CT molecular complexity index is 1290. The first-order valence-electron chi connectivity index (χ1n) is 11.2. The van der Waals surface area contributed by atoms with E-state index < -0.39 is 40.2 Å². The van der Waals surface area contributed by atoms with E-state index in [9.17, 15) is 24.5 Å². The van der Waals surface area contributed by atoms with Gasteiger partial charge >= 0.3 is 0 Å². The molecule has 3 heterocycles. The van der Waals surface area contributed by atoms with Crippen molar-refractivity contribution in [2.75, 3.05) is 4.90 Å². The highest BCUT2D eigenvalue weighted by molar-refractivity contribution is 6.24. The lowest BCUT2D eigenvalue weighted by molar-refractivity contribution is -0.384. The second-order valence-corrected chi connectivity index (χ2v) is 10.2. The van der Waals surface area contributed by atoms with Gasteiger partial charge in [-0.25, -0.2) is 4.90 Å². The molecule has 3 aliphatic rings. The summed E-state index contributed by atoms with van der Waals surface area (Å²) in [6, 6.07) is 10.6. The Morgan fingerprint density at radius 3 is 2.35 bits per heavy atom.